The van der Waals surface area contributed by atoms with Crippen molar-refractivity contribution in [3.8, 4) is 11.5 Å². The molecule has 0 fully saturated rings. The van der Waals surface area contributed by atoms with Crippen molar-refractivity contribution in [3.05, 3.63) is 23.8 Å². The highest BCUT2D eigenvalue weighted by atomic mass is 16.5. The average Bonchev–Trinajstić information content (AvgIpc) is 2.43. The van der Waals surface area contributed by atoms with E-state index < -0.39 is 0 Å². The first-order valence-corrected chi connectivity index (χ1v) is 5.81. The van der Waals surface area contributed by atoms with Crippen LogP contribution in [0.25, 0.3) is 0 Å². The molecule has 0 saturated heterocycles. The van der Waals surface area contributed by atoms with Gasteiger partial charge < -0.3 is 20.5 Å². The molecule has 1 atom stereocenters. The van der Waals surface area contributed by atoms with Gasteiger partial charge in [0.2, 0.25) is 5.91 Å². The van der Waals surface area contributed by atoms with E-state index >= 15 is 0 Å². The third kappa shape index (κ3) is 3.63. The molecule has 3 N–H and O–H groups in total. The third-order valence-corrected chi connectivity index (χ3v) is 2.72. The Labute approximate surface area is 107 Å². The molecule has 0 spiro atoms. The van der Waals surface area contributed by atoms with Crippen LogP contribution < -0.4 is 20.5 Å². The van der Waals surface area contributed by atoms with Crippen LogP contribution in [0.1, 0.15) is 12.5 Å². The number of nitrogens with one attached hydrogen (secondary N) is 1. The van der Waals surface area contributed by atoms with Gasteiger partial charge in [0.25, 0.3) is 0 Å². The number of methoxy groups -OCH3 is 2. The molecule has 1 amide bonds. The van der Waals surface area contributed by atoms with Crippen molar-refractivity contribution in [2.24, 2.45) is 11.7 Å². The predicted molar refractivity (Wildman–Crippen MR) is 69.6 cm³/mol. The number of carbonyl (C=O) groups is 1. The Balaban J connectivity index is 2.66. The summed E-state index contributed by atoms with van der Waals surface area (Å²) in [6, 6.07) is 5.54. The first kappa shape index (κ1) is 14.3. The standard InChI is InChI=1S/C13H20N2O3/c1-9(7-14)13(16)15-8-10-4-5-11(17-2)12(6-10)18-3/h4-6,9H,7-8,14H2,1-3H3,(H,15,16). The molecular formula is C13H20N2O3. The smallest absolute Gasteiger partial charge is 0.224 e. The first-order valence-electron chi connectivity index (χ1n) is 5.81. The third-order valence-electron chi connectivity index (χ3n) is 2.72. The molecule has 100 valence electrons. The molecule has 1 rings (SSSR count). The summed E-state index contributed by atoms with van der Waals surface area (Å²) in [5.41, 5.74) is 6.38. The van der Waals surface area contributed by atoms with Gasteiger partial charge in [-0.15, -0.1) is 0 Å². The molecule has 1 aromatic carbocycles. The quantitative estimate of drug-likeness (QED) is 0.789. The fourth-order valence-electron chi connectivity index (χ4n) is 1.46. The minimum atomic E-state index is -0.176. The van der Waals surface area contributed by atoms with Gasteiger partial charge in [-0.3, -0.25) is 4.79 Å². The van der Waals surface area contributed by atoms with Crippen molar-refractivity contribution in [2.75, 3.05) is 20.8 Å². The van der Waals surface area contributed by atoms with Crippen molar-refractivity contribution >= 4 is 5.91 Å². The molecule has 5 nitrogen and oxygen atoms in total. The highest BCUT2D eigenvalue weighted by molar-refractivity contribution is 5.78. The van der Waals surface area contributed by atoms with E-state index in [1.807, 2.05) is 18.2 Å². The van der Waals surface area contributed by atoms with Gasteiger partial charge in [0.1, 0.15) is 0 Å². The maximum absolute atomic E-state index is 11.6. The van der Waals surface area contributed by atoms with E-state index in [4.69, 9.17) is 15.2 Å². The van der Waals surface area contributed by atoms with Crippen LogP contribution >= 0.6 is 0 Å². The summed E-state index contributed by atoms with van der Waals surface area (Å²) in [5, 5.41) is 2.82. The summed E-state index contributed by atoms with van der Waals surface area (Å²) in [6.45, 7) is 2.59. The van der Waals surface area contributed by atoms with E-state index in [9.17, 15) is 4.79 Å². The van der Waals surface area contributed by atoms with E-state index in [1.54, 1.807) is 21.1 Å². The van der Waals surface area contributed by atoms with Gasteiger partial charge in [-0.25, -0.2) is 0 Å². The number of hydrogen-bond donors (Lipinski definition) is 2. The minimum Gasteiger partial charge on any atom is -0.493 e. The number of hydrogen-bond acceptors (Lipinski definition) is 4. The molecule has 0 saturated carbocycles. The SMILES string of the molecule is COc1ccc(CNC(=O)C(C)CN)cc1OC. The highest BCUT2D eigenvalue weighted by Crippen LogP contribution is 2.27. The van der Waals surface area contributed by atoms with Gasteiger partial charge in [-0.1, -0.05) is 13.0 Å². The molecule has 1 unspecified atom stereocenters. The maximum atomic E-state index is 11.6. The number of rotatable bonds is 6. The van der Waals surface area contributed by atoms with E-state index in [0.717, 1.165) is 5.56 Å². The van der Waals surface area contributed by atoms with Crippen LogP contribution in [-0.4, -0.2) is 26.7 Å². The average molecular weight is 252 g/mol. The summed E-state index contributed by atoms with van der Waals surface area (Å²) >= 11 is 0. The Hall–Kier alpha value is -1.75. The topological polar surface area (TPSA) is 73.6 Å². The van der Waals surface area contributed by atoms with Crippen LogP contribution in [0, 0.1) is 5.92 Å². The van der Waals surface area contributed by atoms with E-state index in [0.29, 0.717) is 24.6 Å². The second kappa shape index (κ2) is 6.86. The summed E-state index contributed by atoms with van der Waals surface area (Å²) in [6.07, 6.45) is 0. The molecule has 0 bridgehead atoms. The van der Waals surface area contributed by atoms with Crippen LogP contribution in [0.5, 0.6) is 11.5 Å². The Kier molecular flexibility index (Phi) is 5.45. The molecule has 5 heteroatoms. The number of amides is 1. The van der Waals surface area contributed by atoms with Crippen molar-refractivity contribution in [3.63, 3.8) is 0 Å². The van der Waals surface area contributed by atoms with Gasteiger partial charge in [0.05, 0.1) is 14.2 Å². The van der Waals surface area contributed by atoms with Gasteiger partial charge in [0.15, 0.2) is 11.5 Å². The number of benzene rings is 1. The summed E-state index contributed by atoms with van der Waals surface area (Å²) in [5.74, 6) is 1.09. The Bertz CT molecular complexity index is 407. The van der Waals surface area contributed by atoms with Crippen LogP contribution in [0.4, 0.5) is 0 Å². The zero-order valence-corrected chi connectivity index (χ0v) is 11.0. The largest absolute Gasteiger partial charge is 0.493 e. The van der Waals surface area contributed by atoms with Crippen LogP contribution in [0.2, 0.25) is 0 Å². The fraction of sp³-hybridized carbons (Fsp3) is 0.462. The van der Waals surface area contributed by atoms with Crippen LogP contribution in [-0.2, 0) is 11.3 Å². The van der Waals surface area contributed by atoms with Gasteiger partial charge in [-0.05, 0) is 17.7 Å². The van der Waals surface area contributed by atoms with Gasteiger partial charge in [0, 0.05) is 19.0 Å². The lowest BCUT2D eigenvalue weighted by molar-refractivity contribution is -0.124. The molecule has 0 aromatic heterocycles. The second-order valence-electron chi connectivity index (χ2n) is 4.04. The summed E-state index contributed by atoms with van der Waals surface area (Å²) < 4.78 is 10.3. The summed E-state index contributed by atoms with van der Waals surface area (Å²) in [7, 11) is 3.17. The van der Waals surface area contributed by atoms with Crippen molar-refractivity contribution in [2.45, 2.75) is 13.5 Å². The maximum Gasteiger partial charge on any atom is 0.224 e. The molecular weight excluding hydrogens is 232 g/mol. The number of carbonyl (C=O) groups excluding carboxylic acids is 1. The monoisotopic (exact) mass is 252 g/mol. The molecule has 0 aliphatic carbocycles. The first-order chi connectivity index (χ1) is 8.62. The predicted octanol–water partition coefficient (Wildman–Crippen LogP) is 0.915. The highest BCUT2D eigenvalue weighted by Gasteiger charge is 2.10. The molecule has 1 aromatic rings. The van der Waals surface area contributed by atoms with Crippen molar-refractivity contribution < 1.29 is 14.3 Å². The van der Waals surface area contributed by atoms with E-state index in [1.165, 1.54) is 0 Å². The van der Waals surface area contributed by atoms with E-state index in [-0.39, 0.29) is 11.8 Å². The Morgan fingerprint density at radius 3 is 2.56 bits per heavy atom. The lowest BCUT2D eigenvalue weighted by Gasteiger charge is -2.12. The molecule has 0 radical (unpaired) electrons. The van der Waals surface area contributed by atoms with E-state index in [2.05, 4.69) is 5.32 Å². The number of ether oxygens (including phenoxy) is 2. The van der Waals surface area contributed by atoms with Crippen molar-refractivity contribution in [1.82, 2.24) is 5.32 Å². The molecule has 18 heavy (non-hydrogen) atoms. The van der Waals surface area contributed by atoms with Crippen molar-refractivity contribution in [1.29, 1.82) is 0 Å². The molecule has 0 aliphatic heterocycles. The lowest BCUT2D eigenvalue weighted by atomic mass is 10.1. The number of nitrogens with two attached hydrogens (primary N) is 1. The fourth-order valence-corrected chi connectivity index (χ4v) is 1.46. The lowest BCUT2D eigenvalue weighted by Crippen LogP contribution is -2.32. The Morgan fingerprint density at radius 1 is 1.33 bits per heavy atom. The van der Waals surface area contributed by atoms with Crippen LogP contribution in [0.15, 0.2) is 18.2 Å². The normalized spacial score (nSPS) is 11.8. The zero-order valence-electron chi connectivity index (χ0n) is 11.0. The Morgan fingerprint density at radius 2 is 2.00 bits per heavy atom. The zero-order chi connectivity index (χ0) is 13.5. The molecule has 0 aliphatic rings. The van der Waals surface area contributed by atoms with Crippen LogP contribution in [0.3, 0.4) is 0 Å². The minimum absolute atomic E-state index is 0.0488. The molecule has 0 heterocycles. The van der Waals surface area contributed by atoms with Gasteiger partial charge >= 0.3 is 0 Å². The second-order valence-corrected chi connectivity index (χ2v) is 4.04. The summed E-state index contributed by atoms with van der Waals surface area (Å²) in [4.78, 5) is 11.6. The van der Waals surface area contributed by atoms with Gasteiger partial charge in [-0.2, -0.15) is 0 Å².